The van der Waals surface area contributed by atoms with E-state index in [2.05, 4.69) is 15.5 Å². The molecule has 1 heterocycles. The Morgan fingerprint density at radius 1 is 1.00 bits per heavy atom. The van der Waals surface area contributed by atoms with Crippen LogP contribution in [0.2, 0.25) is 0 Å². The van der Waals surface area contributed by atoms with E-state index in [0.717, 1.165) is 11.1 Å². The number of aromatic nitrogens is 2. The van der Waals surface area contributed by atoms with Crippen LogP contribution in [0.3, 0.4) is 0 Å². The number of hydrogen-bond donors (Lipinski definition) is 1. The Bertz CT molecular complexity index is 860. The van der Waals surface area contributed by atoms with Crippen LogP contribution in [0.5, 0.6) is 5.88 Å². The summed E-state index contributed by atoms with van der Waals surface area (Å²) in [6.07, 6.45) is 0. The first kappa shape index (κ1) is 15.7. The van der Waals surface area contributed by atoms with E-state index in [1.165, 1.54) is 0 Å². The second-order valence-electron chi connectivity index (χ2n) is 5.37. The summed E-state index contributed by atoms with van der Waals surface area (Å²) in [6.45, 7) is 1.96. The summed E-state index contributed by atoms with van der Waals surface area (Å²) in [7, 11) is 1.55. The summed E-state index contributed by atoms with van der Waals surface area (Å²) >= 11 is 0. The van der Waals surface area contributed by atoms with E-state index >= 15 is 0 Å². The molecule has 0 saturated carbocycles. The van der Waals surface area contributed by atoms with Crippen LogP contribution in [0, 0.1) is 6.92 Å². The minimum absolute atomic E-state index is 0.142. The van der Waals surface area contributed by atoms with Crippen LogP contribution < -0.4 is 10.1 Å². The molecule has 0 saturated heterocycles. The zero-order chi connectivity index (χ0) is 16.9. The summed E-state index contributed by atoms with van der Waals surface area (Å²) in [6, 6.07) is 18.5. The van der Waals surface area contributed by atoms with Gasteiger partial charge in [-0.05, 0) is 37.3 Å². The highest BCUT2D eigenvalue weighted by atomic mass is 16.5. The van der Waals surface area contributed by atoms with Crippen LogP contribution in [0.1, 0.15) is 15.9 Å². The Morgan fingerprint density at radius 3 is 2.54 bits per heavy atom. The van der Waals surface area contributed by atoms with Crippen LogP contribution in [-0.2, 0) is 0 Å². The average molecular weight is 319 g/mol. The smallest absolute Gasteiger partial charge is 0.255 e. The van der Waals surface area contributed by atoms with E-state index in [1.54, 1.807) is 19.2 Å². The molecule has 5 nitrogen and oxygen atoms in total. The lowest BCUT2D eigenvalue weighted by Crippen LogP contribution is -2.11. The SMILES string of the molecule is COc1ccc(-c2cccc(NC(=O)c3cccc(C)c3)c2)nn1. The van der Waals surface area contributed by atoms with Crippen molar-refractivity contribution >= 4 is 11.6 Å². The molecule has 0 fully saturated rings. The number of ether oxygens (including phenoxy) is 1. The van der Waals surface area contributed by atoms with Gasteiger partial charge >= 0.3 is 0 Å². The molecule has 0 spiro atoms. The molecule has 0 aliphatic heterocycles. The van der Waals surface area contributed by atoms with E-state index < -0.39 is 0 Å². The van der Waals surface area contributed by atoms with E-state index in [-0.39, 0.29) is 5.91 Å². The van der Waals surface area contributed by atoms with Crippen molar-refractivity contribution in [3.63, 3.8) is 0 Å². The Hall–Kier alpha value is -3.21. The maximum atomic E-state index is 12.3. The molecule has 1 amide bonds. The fraction of sp³-hybridized carbons (Fsp3) is 0.105. The lowest BCUT2D eigenvalue weighted by molar-refractivity contribution is 0.102. The molecule has 1 N–H and O–H groups in total. The van der Waals surface area contributed by atoms with Gasteiger partial charge in [0.25, 0.3) is 5.91 Å². The van der Waals surface area contributed by atoms with Gasteiger partial charge in [-0.15, -0.1) is 10.2 Å². The lowest BCUT2D eigenvalue weighted by Gasteiger charge is -2.08. The minimum atomic E-state index is -0.142. The number of nitrogens with one attached hydrogen (secondary N) is 1. The molecule has 2 aromatic carbocycles. The van der Waals surface area contributed by atoms with Gasteiger partial charge in [0.2, 0.25) is 5.88 Å². The largest absolute Gasteiger partial charge is 0.480 e. The van der Waals surface area contributed by atoms with Gasteiger partial charge in [0, 0.05) is 22.9 Å². The summed E-state index contributed by atoms with van der Waals surface area (Å²) in [5.74, 6) is 0.319. The molecule has 0 aliphatic rings. The standard InChI is InChI=1S/C19H17N3O2/c1-13-5-3-7-15(11-13)19(23)20-16-8-4-6-14(12-16)17-9-10-18(24-2)22-21-17/h3-12H,1-2H3,(H,20,23). The van der Waals surface area contributed by atoms with Gasteiger partial charge in [-0.1, -0.05) is 29.8 Å². The summed E-state index contributed by atoms with van der Waals surface area (Å²) in [5, 5.41) is 11.0. The van der Waals surface area contributed by atoms with E-state index in [0.29, 0.717) is 22.8 Å². The van der Waals surface area contributed by atoms with Crippen molar-refractivity contribution in [2.24, 2.45) is 0 Å². The Balaban J connectivity index is 1.81. The number of hydrogen-bond acceptors (Lipinski definition) is 4. The van der Waals surface area contributed by atoms with Crippen molar-refractivity contribution in [3.8, 4) is 17.1 Å². The molecule has 0 unspecified atom stereocenters. The maximum Gasteiger partial charge on any atom is 0.255 e. The van der Waals surface area contributed by atoms with Crippen LogP contribution in [0.25, 0.3) is 11.3 Å². The number of nitrogens with zero attached hydrogens (tertiary/aromatic N) is 2. The van der Waals surface area contributed by atoms with Gasteiger partial charge in [0.15, 0.2) is 0 Å². The average Bonchev–Trinajstić information content (AvgIpc) is 2.62. The van der Waals surface area contributed by atoms with Crippen LogP contribution in [0.15, 0.2) is 60.7 Å². The Morgan fingerprint density at radius 2 is 1.83 bits per heavy atom. The van der Waals surface area contributed by atoms with Crippen molar-refractivity contribution in [1.29, 1.82) is 0 Å². The number of rotatable bonds is 4. The highest BCUT2D eigenvalue weighted by Crippen LogP contribution is 2.22. The highest BCUT2D eigenvalue weighted by molar-refractivity contribution is 6.04. The summed E-state index contributed by atoms with van der Waals surface area (Å²) < 4.78 is 5.01. The minimum Gasteiger partial charge on any atom is -0.480 e. The summed E-state index contributed by atoms with van der Waals surface area (Å²) in [4.78, 5) is 12.3. The zero-order valence-corrected chi connectivity index (χ0v) is 13.5. The lowest BCUT2D eigenvalue weighted by atomic mass is 10.1. The number of aryl methyl sites for hydroxylation is 1. The fourth-order valence-corrected chi connectivity index (χ4v) is 2.33. The second kappa shape index (κ2) is 6.91. The topological polar surface area (TPSA) is 64.1 Å². The molecule has 120 valence electrons. The third-order valence-corrected chi connectivity index (χ3v) is 3.55. The number of anilines is 1. The number of methoxy groups -OCH3 is 1. The van der Waals surface area contributed by atoms with Gasteiger partial charge in [0.1, 0.15) is 0 Å². The maximum absolute atomic E-state index is 12.3. The number of amides is 1. The monoisotopic (exact) mass is 319 g/mol. The zero-order valence-electron chi connectivity index (χ0n) is 13.5. The Kier molecular flexibility index (Phi) is 4.52. The van der Waals surface area contributed by atoms with Gasteiger partial charge in [-0.25, -0.2) is 0 Å². The first-order chi connectivity index (χ1) is 11.7. The van der Waals surface area contributed by atoms with E-state index in [9.17, 15) is 4.79 Å². The predicted octanol–water partition coefficient (Wildman–Crippen LogP) is 3.71. The normalized spacial score (nSPS) is 10.2. The van der Waals surface area contributed by atoms with Gasteiger partial charge < -0.3 is 10.1 Å². The van der Waals surface area contributed by atoms with Crippen molar-refractivity contribution in [3.05, 3.63) is 71.8 Å². The van der Waals surface area contributed by atoms with Crippen LogP contribution in [0.4, 0.5) is 5.69 Å². The van der Waals surface area contributed by atoms with Gasteiger partial charge in [-0.2, -0.15) is 0 Å². The van der Waals surface area contributed by atoms with E-state index in [4.69, 9.17) is 4.74 Å². The predicted molar refractivity (Wildman–Crippen MR) is 93.2 cm³/mol. The first-order valence-electron chi connectivity index (χ1n) is 7.52. The second-order valence-corrected chi connectivity index (χ2v) is 5.37. The number of carbonyl (C=O) groups excluding carboxylic acids is 1. The molecule has 24 heavy (non-hydrogen) atoms. The van der Waals surface area contributed by atoms with Crippen molar-refractivity contribution in [2.45, 2.75) is 6.92 Å². The quantitative estimate of drug-likeness (QED) is 0.796. The Labute approximate surface area is 140 Å². The molecule has 0 bridgehead atoms. The molecular formula is C19H17N3O2. The van der Waals surface area contributed by atoms with Crippen molar-refractivity contribution in [1.82, 2.24) is 10.2 Å². The molecule has 0 radical (unpaired) electrons. The number of benzene rings is 2. The first-order valence-corrected chi connectivity index (χ1v) is 7.52. The van der Waals surface area contributed by atoms with Crippen LogP contribution in [-0.4, -0.2) is 23.2 Å². The molecule has 0 aliphatic carbocycles. The molecule has 0 atom stereocenters. The van der Waals surface area contributed by atoms with Gasteiger partial charge in [-0.3, -0.25) is 4.79 Å². The highest BCUT2D eigenvalue weighted by Gasteiger charge is 2.08. The molecular weight excluding hydrogens is 302 g/mol. The fourth-order valence-electron chi connectivity index (χ4n) is 2.33. The molecule has 5 heteroatoms. The van der Waals surface area contributed by atoms with E-state index in [1.807, 2.05) is 55.5 Å². The molecule has 3 aromatic rings. The molecule has 1 aromatic heterocycles. The van der Waals surface area contributed by atoms with Crippen molar-refractivity contribution < 1.29 is 9.53 Å². The number of carbonyl (C=O) groups is 1. The van der Waals surface area contributed by atoms with Gasteiger partial charge in [0.05, 0.1) is 12.8 Å². The van der Waals surface area contributed by atoms with Crippen LogP contribution >= 0.6 is 0 Å². The van der Waals surface area contributed by atoms with Crippen molar-refractivity contribution in [2.75, 3.05) is 12.4 Å². The summed E-state index contributed by atoms with van der Waals surface area (Å²) in [5.41, 5.74) is 3.96. The molecule has 3 rings (SSSR count). The third kappa shape index (κ3) is 3.57. The third-order valence-electron chi connectivity index (χ3n) is 3.55.